The normalized spacial score (nSPS) is 10.4. The first-order valence-corrected chi connectivity index (χ1v) is 8.74. The van der Waals surface area contributed by atoms with Gasteiger partial charge in [0, 0.05) is 30.2 Å². The van der Waals surface area contributed by atoms with Crippen LogP contribution in [0.25, 0.3) is 0 Å². The van der Waals surface area contributed by atoms with Crippen LogP contribution in [-0.2, 0) is 6.42 Å². The van der Waals surface area contributed by atoms with Crippen molar-refractivity contribution in [2.75, 3.05) is 11.9 Å². The van der Waals surface area contributed by atoms with E-state index in [1.807, 2.05) is 0 Å². The van der Waals surface area contributed by atoms with Crippen LogP contribution in [0.1, 0.15) is 33.2 Å². The molecule has 2 aromatic carbocycles. The van der Waals surface area contributed by atoms with Gasteiger partial charge in [0.2, 0.25) is 5.95 Å². The van der Waals surface area contributed by atoms with Gasteiger partial charge in [0.25, 0.3) is 5.91 Å². The van der Waals surface area contributed by atoms with E-state index in [4.69, 9.17) is 0 Å². The molecule has 1 heterocycles. The molecule has 0 saturated heterocycles. The first kappa shape index (κ1) is 19.2. The van der Waals surface area contributed by atoms with Gasteiger partial charge in [0.1, 0.15) is 5.82 Å². The van der Waals surface area contributed by atoms with Crippen molar-refractivity contribution in [1.29, 1.82) is 0 Å². The molecular weight excluding hydrogens is 359 g/mol. The van der Waals surface area contributed by atoms with E-state index < -0.39 is 0 Å². The lowest BCUT2D eigenvalue weighted by molar-refractivity contribution is 0.0952. The lowest BCUT2D eigenvalue weighted by Gasteiger charge is -2.08. The van der Waals surface area contributed by atoms with Gasteiger partial charge < -0.3 is 10.6 Å². The number of nitrogens with one attached hydrogen (secondary N) is 2. The number of rotatable bonds is 7. The maximum atomic E-state index is 13.6. The standard InChI is InChI=1S/C21H19FN4O2/c1-14(27)16-6-4-7-18(11-16)26-21-24-12-17(13-25-21)20(28)23-10-9-15-5-2-3-8-19(15)22/h2-8,11-13H,9-10H2,1H3,(H,23,28)(H,24,25,26). The summed E-state index contributed by atoms with van der Waals surface area (Å²) < 4.78 is 13.6. The first-order valence-electron chi connectivity index (χ1n) is 8.74. The Labute approximate surface area is 161 Å². The molecule has 7 heteroatoms. The number of ketones is 1. The van der Waals surface area contributed by atoms with Gasteiger partial charge in [-0.3, -0.25) is 9.59 Å². The fourth-order valence-corrected chi connectivity index (χ4v) is 2.57. The van der Waals surface area contributed by atoms with E-state index in [2.05, 4.69) is 20.6 Å². The molecule has 0 fully saturated rings. The largest absolute Gasteiger partial charge is 0.352 e. The summed E-state index contributed by atoms with van der Waals surface area (Å²) in [5.74, 6) is -0.346. The molecule has 0 aliphatic carbocycles. The van der Waals surface area contributed by atoms with Crippen LogP contribution in [0.5, 0.6) is 0 Å². The molecule has 1 amide bonds. The molecular formula is C21H19FN4O2. The molecule has 6 nitrogen and oxygen atoms in total. The van der Waals surface area contributed by atoms with Gasteiger partial charge in [0.05, 0.1) is 5.56 Å². The molecule has 28 heavy (non-hydrogen) atoms. The number of hydrogen-bond acceptors (Lipinski definition) is 5. The number of amides is 1. The van der Waals surface area contributed by atoms with E-state index in [1.165, 1.54) is 25.4 Å². The monoisotopic (exact) mass is 378 g/mol. The van der Waals surface area contributed by atoms with E-state index in [0.717, 1.165) is 0 Å². The van der Waals surface area contributed by atoms with E-state index >= 15 is 0 Å². The summed E-state index contributed by atoms with van der Waals surface area (Å²) in [7, 11) is 0. The minimum absolute atomic E-state index is 0.0352. The highest BCUT2D eigenvalue weighted by Gasteiger charge is 2.08. The Hall–Kier alpha value is -3.61. The summed E-state index contributed by atoms with van der Waals surface area (Å²) in [4.78, 5) is 31.9. The quantitative estimate of drug-likeness (QED) is 0.615. The molecule has 0 bridgehead atoms. The molecule has 0 unspecified atom stereocenters. The zero-order valence-corrected chi connectivity index (χ0v) is 15.3. The zero-order valence-electron chi connectivity index (χ0n) is 15.3. The van der Waals surface area contributed by atoms with Gasteiger partial charge in [-0.2, -0.15) is 0 Å². The lowest BCUT2D eigenvalue weighted by Crippen LogP contribution is -2.26. The summed E-state index contributed by atoms with van der Waals surface area (Å²) >= 11 is 0. The third-order valence-electron chi connectivity index (χ3n) is 4.08. The summed E-state index contributed by atoms with van der Waals surface area (Å²) in [5.41, 5.74) is 2.11. The van der Waals surface area contributed by atoms with E-state index in [1.54, 1.807) is 42.5 Å². The highest BCUT2D eigenvalue weighted by Crippen LogP contribution is 2.15. The van der Waals surface area contributed by atoms with Gasteiger partial charge in [-0.15, -0.1) is 0 Å². The summed E-state index contributed by atoms with van der Waals surface area (Å²) in [6.07, 6.45) is 3.20. The van der Waals surface area contributed by atoms with Crippen LogP contribution in [0.3, 0.4) is 0 Å². The van der Waals surface area contributed by atoms with Crippen molar-refractivity contribution in [1.82, 2.24) is 15.3 Å². The Morgan fingerprint density at radius 3 is 2.46 bits per heavy atom. The van der Waals surface area contributed by atoms with E-state index in [0.29, 0.717) is 41.3 Å². The average molecular weight is 378 g/mol. The SMILES string of the molecule is CC(=O)c1cccc(Nc2ncc(C(=O)NCCc3ccccc3F)cn2)c1. The number of benzene rings is 2. The molecule has 0 aliphatic heterocycles. The molecule has 3 rings (SSSR count). The minimum Gasteiger partial charge on any atom is -0.352 e. The average Bonchev–Trinajstić information content (AvgIpc) is 2.70. The number of hydrogen-bond donors (Lipinski definition) is 2. The Balaban J connectivity index is 1.56. The van der Waals surface area contributed by atoms with Gasteiger partial charge >= 0.3 is 0 Å². The van der Waals surface area contributed by atoms with Gasteiger partial charge in [0.15, 0.2) is 5.78 Å². The predicted molar refractivity (Wildman–Crippen MR) is 104 cm³/mol. The van der Waals surface area contributed by atoms with Crippen molar-refractivity contribution >= 4 is 23.3 Å². The fraction of sp³-hybridized carbons (Fsp3) is 0.143. The maximum Gasteiger partial charge on any atom is 0.254 e. The van der Waals surface area contributed by atoms with Crippen molar-refractivity contribution in [2.24, 2.45) is 0 Å². The second-order valence-corrected chi connectivity index (χ2v) is 6.15. The molecule has 142 valence electrons. The second-order valence-electron chi connectivity index (χ2n) is 6.15. The summed E-state index contributed by atoms with van der Waals surface area (Å²) in [5, 5.41) is 5.71. The van der Waals surface area contributed by atoms with Gasteiger partial charge in [-0.05, 0) is 37.1 Å². The van der Waals surface area contributed by atoms with E-state index in [-0.39, 0.29) is 17.5 Å². The fourth-order valence-electron chi connectivity index (χ4n) is 2.57. The number of anilines is 2. The third-order valence-corrected chi connectivity index (χ3v) is 4.08. The molecule has 0 atom stereocenters. The molecule has 2 N–H and O–H groups in total. The van der Waals surface area contributed by atoms with Crippen LogP contribution in [0.15, 0.2) is 60.9 Å². The van der Waals surface area contributed by atoms with Crippen LogP contribution in [-0.4, -0.2) is 28.2 Å². The molecule has 3 aromatic rings. The zero-order chi connectivity index (χ0) is 19.9. The summed E-state index contributed by atoms with van der Waals surface area (Å²) in [6.45, 7) is 1.80. The number of carbonyl (C=O) groups is 2. The third kappa shape index (κ3) is 4.97. The minimum atomic E-state index is -0.332. The van der Waals surface area contributed by atoms with Crippen molar-refractivity contribution in [3.05, 3.63) is 83.4 Å². The maximum absolute atomic E-state index is 13.6. The van der Waals surface area contributed by atoms with Crippen molar-refractivity contribution < 1.29 is 14.0 Å². The van der Waals surface area contributed by atoms with Gasteiger partial charge in [-0.1, -0.05) is 30.3 Å². The number of Topliss-reactive ketones (excluding diaryl/α,β-unsaturated/α-hetero) is 1. The Bertz CT molecular complexity index is 990. The Kier molecular flexibility index (Phi) is 6.06. The Morgan fingerprint density at radius 1 is 1.00 bits per heavy atom. The molecule has 0 spiro atoms. The molecule has 0 aliphatic rings. The highest BCUT2D eigenvalue weighted by atomic mass is 19.1. The van der Waals surface area contributed by atoms with Crippen LogP contribution in [0.4, 0.5) is 16.0 Å². The second kappa shape index (κ2) is 8.85. The number of carbonyl (C=O) groups excluding carboxylic acids is 2. The Morgan fingerprint density at radius 2 is 1.75 bits per heavy atom. The lowest BCUT2D eigenvalue weighted by atomic mass is 10.1. The molecule has 0 radical (unpaired) electrons. The highest BCUT2D eigenvalue weighted by molar-refractivity contribution is 5.95. The van der Waals surface area contributed by atoms with Crippen LogP contribution in [0, 0.1) is 5.82 Å². The van der Waals surface area contributed by atoms with Gasteiger partial charge in [-0.25, -0.2) is 14.4 Å². The smallest absolute Gasteiger partial charge is 0.254 e. The van der Waals surface area contributed by atoms with Crippen molar-refractivity contribution in [3.8, 4) is 0 Å². The van der Waals surface area contributed by atoms with E-state index in [9.17, 15) is 14.0 Å². The van der Waals surface area contributed by atoms with Crippen LogP contribution >= 0.6 is 0 Å². The van der Waals surface area contributed by atoms with Crippen molar-refractivity contribution in [3.63, 3.8) is 0 Å². The van der Waals surface area contributed by atoms with Crippen LogP contribution < -0.4 is 10.6 Å². The topological polar surface area (TPSA) is 84.0 Å². The number of halogens is 1. The van der Waals surface area contributed by atoms with Crippen molar-refractivity contribution in [2.45, 2.75) is 13.3 Å². The molecule has 1 aromatic heterocycles. The predicted octanol–water partition coefficient (Wildman–Crippen LogP) is 3.53. The number of nitrogens with zero attached hydrogens (tertiary/aromatic N) is 2. The molecule has 0 saturated carbocycles. The number of aromatic nitrogens is 2. The summed E-state index contributed by atoms with van der Waals surface area (Å²) in [6, 6.07) is 13.4. The van der Waals surface area contributed by atoms with Crippen LogP contribution in [0.2, 0.25) is 0 Å². The first-order chi connectivity index (χ1) is 13.5.